The summed E-state index contributed by atoms with van der Waals surface area (Å²) in [7, 11) is -3.52. The summed E-state index contributed by atoms with van der Waals surface area (Å²) in [6.07, 6.45) is 0. The highest BCUT2D eigenvalue weighted by Gasteiger charge is 2.17. The highest BCUT2D eigenvalue weighted by Crippen LogP contribution is 2.29. The standard InChI is InChI=1S/C12H13ClN2O2S2/c1-8-6-11(18-12(8)13)19(16,17)15-7-9-2-4-10(14)5-3-9/h2-6,15H,7,14H2,1H3. The van der Waals surface area contributed by atoms with E-state index >= 15 is 0 Å². The molecule has 0 atom stereocenters. The third kappa shape index (κ3) is 3.48. The van der Waals surface area contributed by atoms with E-state index in [1.165, 1.54) is 0 Å². The Morgan fingerprint density at radius 1 is 1.32 bits per heavy atom. The van der Waals surface area contributed by atoms with Gasteiger partial charge in [-0.15, -0.1) is 11.3 Å². The van der Waals surface area contributed by atoms with Crippen molar-refractivity contribution in [2.24, 2.45) is 0 Å². The number of hydrogen-bond acceptors (Lipinski definition) is 4. The Labute approximate surface area is 121 Å². The number of nitrogens with one attached hydrogen (secondary N) is 1. The van der Waals surface area contributed by atoms with E-state index in [9.17, 15) is 8.42 Å². The van der Waals surface area contributed by atoms with E-state index in [1.54, 1.807) is 37.3 Å². The van der Waals surface area contributed by atoms with Crippen molar-refractivity contribution in [1.29, 1.82) is 0 Å². The molecule has 0 fully saturated rings. The number of rotatable bonds is 4. The molecule has 0 aliphatic rings. The first-order chi connectivity index (χ1) is 8.88. The first-order valence-corrected chi connectivity index (χ1v) is 8.16. The molecule has 1 aromatic carbocycles. The Hall–Kier alpha value is -1.08. The summed E-state index contributed by atoms with van der Waals surface area (Å²) in [5.41, 5.74) is 7.82. The van der Waals surface area contributed by atoms with Crippen LogP contribution >= 0.6 is 22.9 Å². The van der Waals surface area contributed by atoms with Crippen molar-refractivity contribution < 1.29 is 8.42 Å². The van der Waals surface area contributed by atoms with Crippen LogP contribution < -0.4 is 10.5 Å². The number of anilines is 1. The molecule has 0 saturated carbocycles. The maximum absolute atomic E-state index is 12.1. The highest BCUT2D eigenvalue weighted by molar-refractivity contribution is 7.91. The van der Waals surface area contributed by atoms with Gasteiger partial charge in [0.1, 0.15) is 4.21 Å². The molecule has 0 spiro atoms. The Morgan fingerprint density at radius 3 is 2.47 bits per heavy atom. The van der Waals surface area contributed by atoms with Crippen LogP contribution in [0, 0.1) is 6.92 Å². The lowest BCUT2D eigenvalue weighted by molar-refractivity contribution is 0.583. The molecular formula is C12H13ClN2O2S2. The van der Waals surface area contributed by atoms with Crippen LogP contribution in [0.2, 0.25) is 4.34 Å². The highest BCUT2D eigenvalue weighted by atomic mass is 35.5. The van der Waals surface area contributed by atoms with E-state index < -0.39 is 10.0 Å². The molecule has 0 amide bonds. The van der Waals surface area contributed by atoms with Crippen molar-refractivity contribution in [3.8, 4) is 0 Å². The number of aryl methyl sites for hydroxylation is 1. The summed E-state index contributed by atoms with van der Waals surface area (Å²) in [5, 5.41) is 0. The zero-order valence-electron chi connectivity index (χ0n) is 10.2. The second kappa shape index (κ2) is 5.50. The van der Waals surface area contributed by atoms with Gasteiger partial charge in [-0.3, -0.25) is 0 Å². The molecule has 2 aromatic rings. The van der Waals surface area contributed by atoms with E-state index in [0.29, 0.717) is 10.0 Å². The number of sulfonamides is 1. The molecule has 1 aromatic heterocycles. The smallest absolute Gasteiger partial charge is 0.250 e. The van der Waals surface area contributed by atoms with Crippen LogP contribution in [0.1, 0.15) is 11.1 Å². The third-order valence-corrected chi connectivity index (χ3v) is 5.98. The molecule has 19 heavy (non-hydrogen) atoms. The number of benzene rings is 1. The number of nitrogens with two attached hydrogens (primary N) is 1. The Bertz CT molecular complexity index is 659. The lowest BCUT2D eigenvalue weighted by Crippen LogP contribution is -2.22. The van der Waals surface area contributed by atoms with E-state index in [2.05, 4.69) is 4.72 Å². The average Bonchev–Trinajstić information content (AvgIpc) is 2.70. The van der Waals surface area contributed by atoms with Gasteiger partial charge in [-0.2, -0.15) is 0 Å². The predicted octanol–water partition coefficient (Wildman–Crippen LogP) is 2.77. The molecular weight excluding hydrogens is 304 g/mol. The summed E-state index contributed by atoms with van der Waals surface area (Å²) in [5.74, 6) is 0. The maximum atomic E-state index is 12.1. The van der Waals surface area contributed by atoms with Gasteiger partial charge in [0.05, 0.1) is 4.34 Å². The molecule has 7 heteroatoms. The van der Waals surface area contributed by atoms with Gasteiger partial charge in [0.2, 0.25) is 10.0 Å². The Balaban J connectivity index is 2.11. The van der Waals surface area contributed by atoms with Crippen LogP contribution in [0.3, 0.4) is 0 Å². The van der Waals surface area contributed by atoms with E-state index in [4.69, 9.17) is 17.3 Å². The van der Waals surface area contributed by atoms with Gasteiger partial charge in [-0.25, -0.2) is 13.1 Å². The zero-order chi connectivity index (χ0) is 14.0. The Kier molecular flexibility index (Phi) is 4.15. The number of hydrogen-bond donors (Lipinski definition) is 2. The summed E-state index contributed by atoms with van der Waals surface area (Å²) in [6, 6.07) is 8.60. The van der Waals surface area contributed by atoms with Crippen molar-refractivity contribution in [3.05, 3.63) is 45.8 Å². The Morgan fingerprint density at radius 2 is 1.95 bits per heavy atom. The van der Waals surface area contributed by atoms with Crippen molar-refractivity contribution in [1.82, 2.24) is 4.72 Å². The first-order valence-electron chi connectivity index (χ1n) is 5.48. The van der Waals surface area contributed by atoms with E-state index in [1.807, 2.05) is 0 Å². The van der Waals surface area contributed by atoms with Crippen LogP contribution in [-0.2, 0) is 16.6 Å². The van der Waals surface area contributed by atoms with Crippen LogP contribution in [0.15, 0.2) is 34.5 Å². The number of nitrogen functional groups attached to an aromatic ring is 1. The predicted molar refractivity (Wildman–Crippen MR) is 78.9 cm³/mol. The lowest BCUT2D eigenvalue weighted by atomic mass is 10.2. The monoisotopic (exact) mass is 316 g/mol. The summed E-state index contributed by atoms with van der Waals surface area (Å²) >= 11 is 6.94. The van der Waals surface area contributed by atoms with Gasteiger partial charge in [0.25, 0.3) is 0 Å². The SMILES string of the molecule is Cc1cc(S(=O)(=O)NCc2ccc(N)cc2)sc1Cl. The molecule has 0 bridgehead atoms. The number of thiophene rings is 1. The molecule has 0 radical (unpaired) electrons. The van der Waals surface area contributed by atoms with Gasteiger partial charge in [0.15, 0.2) is 0 Å². The van der Waals surface area contributed by atoms with Gasteiger partial charge >= 0.3 is 0 Å². The van der Waals surface area contributed by atoms with Crippen LogP contribution in [0.25, 0.3) is 0 Å². The molecule has 3 N–H and O–H groups in total. The minimum absolute atomic E-state index is 0.219. The third-order valence-electron chi connectivity index (χ3n) is 2.55. The molecule has 102 valence electrons. The van der Waals surface area contributed by atoms with E-state index in [-0.39, 0.29) is 10.8 Å². The van der Waals surface area contributed by atoms with Crippen LogP contribution in [0.4, 0.5) is 5.69 Å². The first kappa shape index (κ1) is 14.3. The average molecular weight is 317 g/mol. The normalized spacial score (nSPS) is 11.7. The minimum Gasteiger partial charge on any atom is -0.399 e. The fourth-order valence-corrected chi connectivity index (χ4v) is 4.22. The fourth-order valence-electron chi connectivity index (χ4n) is 1.45. The van der Waals surface area contributed by atoms with Crippen LogP contribution in [0.5, 0.6) is 0 Å². The lowest BCUT2D eigenvalue weighted by Gasteiger charge is -2.05. The largest absolute Gasteiger partial charge is 0.399 e. The molecule has 0 saturated heterocycles. The quantitative estimate of drug-likeness (QED) is 0.852. The van der Waals surface area contributed by atoms with Gasteiger partial charge < -0.3 is 5.73 Å². The number of halogens is 1. The minimum atomic E-state index is -3.52. The summed E-state index contributed by atoms with van der Waals surface area (Å²) in [4.78, 5) is 0. The molecule has 4 nitrogen and oxygen atoms in total. The van der Waals surface area contributed by atoms with Crippen molar-refractivity contribution in [2.75, 3.05) is 5.73 Å². The zero-order valence-corrected chi connectivity index (χ0v) is 12.6. The molecule has 0 unspecified atom stereocenters. The molecule has 0 aliphatic heterocycles. The maximum Gasteiger partial charge on any atom is 0.250 e. The fraction of sp³-hybridized carbons (Fsp3) is 0.167. The molecule has 2 rings (SSSR count). The van der Waals surface area contributed by atoms with Gasteiger partial charge in [-0.05, 0) is 36.2 Å². The molecule has 0 aliphatic carbocycles. The van der Waals surface area contributed by atoms with Crippen molar-refractivity contribution in [3.63, 3.8) is 0 Å². The van der Waals surface area contributed by atoms with Gasteiger partial charge in [0, 0.05) is 12.2 Å². The van der Waals surface area contributed by atoms with E-state index in [0.717, 1.165) is 22.5 Å². The summed E-state index contributed by atoms with van der Waals surface area (Å²) < 4.78 is 27.4. The topological polar surface area (TPSA) is 72.2 Å². The summed E-state index contributed by atoms with van der Waals surface area (Å²) in [6.45, 7) is 2.00. The van der Waals surface area contributed by atoms with Crippen LogP contribution in [-0.4, -0.2) is 8.42 Å². The second-order valence-electron chi connectivity index (χ2n) is 4.09. The molecule has 1 heterocycles. The van der Waals surface area contributed by atoms with Crippen molar-refractivity contribution in [2.45, 2.75) is 17.7 Å². The van der Waals surface area contributed by atoms with Crippen molar-refractivity contribution >= 4 is 38.6 Å². The second-order valence-corrected chi connectivity index (χ2v) is 7.74. The van der Waals surface area contributed by atoms with Gasteiger partial charge in [-0.1, -0.05) is 23.7 Å².